The summed E-state index contributed by atoms with van der Waals surface area (Å²) in [5.74, 6) is 2.58. The lowest BCUT2D eigenvalue weighted by Gasteiger charge is -2.26. The molecule has 1 aliphatic heterocycles. The second-order valence-electron chi connectivity index (χ2n) is 4.97. The second kappa shape index (κ2) is 6.59. The van der Waals surface area contributed by atoms with Gasteiger partial charge in [0.15, 0.2) is 0 Å². The highest BCUT2D eigenvalue weighted by Crippen LogP contribution is 2.15. The summed E-state index contributed by atoms with van der Waals surface area (Å²) < 4.78 is 1.89. The summed E-state index contributed by atoms with van der Waals surface area (Å²) >= 11 is 2.07. The minimum absolute atomic E-state index is 0.387. The van der Waals surface area contributed by atoms with E-state index in [0.717, 1.165) is 18.8 Å². The van der Waals surface area contributed by atoms with E-state index in [2.05, 4.69) is 47.1 Å². The van der Waals surface area contributed by atoms with Crippen molar-refractivity contribution in [1.29, 1.82) is 0 Å². The van der Waals surface area contributed by atoms with Gasteiger partial charge >= 0.3 is 0 Å². The molecule has 1 N–H and O–H groups in total. The lowest BCUT2D eigenvalue weighted by Crippen LogP contribution is -2.38. The Morgan fingerprint density at radius 1 is 1.44 bits per heavy atom. The van der Waals surface area contributed by atoms with E-state index in [1.54, 1.807) is 0 Å². The van der Waals surface area contributed by atoms with Gasteiger partial charge in [0.25, 0.3) is 0 Å². The Morgan fingerprint density at radius 2 is 2.17 bits per heavy atom. The molecule has 0 spiro atoms. The molecule has 2 rings (SSSR count). The van der Waals surface area contributed by atoms with Crippen molar-refractivity contribution in [2.24, 2.45) is 7.05 Å². The molecule has 0 radical (unpaired) electrons. The Bertz CT molecular complexity index is 371. The van der Waals surface area contributed by atoms with Crippen LogP contribution in [0.1, 0.15) is 24.2 Å². The molecule has 0 bridgehead atoms. The van der Waals surface area contributed by atoms with Crippen LogP contribution in [-0.2, 0) is 7.05 Å². The Labute approximate surface area is 114 Å². The third-order valence-electron chi connectivity index (χ3n) is 3.50. The van der Waals surface area contributed by atoms with Crippen molar-refractivity contribution < 1.29 is 0 Å². The Kier molecular flexibility index (Phi) is 5.09. The standard InChI is InChI=1S/C13H24N4S/c1-11(13-10-16(3)15-12(13)2)14-4-5-17-6-8-18-9-7-17/h10-11,14H,4-9H2,1-3H3. The van der Waals surface area contributed by atoms with E-state index in [4.69, 9.17) is 0 Å². The molecule has 0 aromatic carbocycles. The number of hydrogen-bond acceptors (Lipinski definition) is 4. The first-order valence-corrected chi connectivity index (χ1v) is 7.86. The van der Waals surface area contributed by atoms with Crippen molar-refractivity contribution in [3.8, 4) is 0 Å². The average Bonchev–Trinajstić information content (AvgIpc) is 2.70. The highest BCUT2D eigenvalue weighted by Gasteiger charge is 2.13. The maximum absolute atomic E-state index is 4.39. The summed E-state index contributed by atoms with van der Waals surface area (Å²) in [6.45, 7) is 9.00. The molecule has 1 aromatic heterocycles. The molecule has 1 fully saturated rings. The van der Waals surface area contributed by atoms with Crippen molar-refractivity contribution in [3.63, 3.8) is 0 Å². The molecule has 1 aromatic rings. The van der Waals surface area contributed by atoms with Crippen molar-refractivity contribution in [2.45, 2.75) is 19.9 Å². The fraction of sp³-hybridized carbons (Fsp3) is 0.769. The number of rotatable bonds is 5. The molecule has 0 amide bonds. The van der Waals surface area contributed by atoms with Gasteiger partial charge in [-0.1, -0.05) is 0 Å². The largest absolute Gasteiger partial charge is 0.309 e. The highest BCUT2D eigenvalue weighted by atomic mass is 32.2. The molecule has 1 saturated heterocycles. The summed E-state index contributed by atoms with van der Waals surface area (Å²) in [4.78, 5) is 2.55. The number of hydrogen-bond donors (Lipinski definition) is 1. The quantitative estimate of drug-likeness (QED) is 0.876. The van der Waals surface area contributed by atoms with Crippen LogP contribution < -0.4 is 5.32 Å². The van der Waals surface area contributed by atoms with Crippen LogP contribution in [0.25, 0.3) is 0 Å². The predicted octanol–water partition coefficient (Wildman–Crippen LogP) is 1.43. The summed E-state index contributed by atoms with van der Waals surface area (Å²) in [5.41, 5.74) is 2.44. The molecular formula is C13H24N4S. The third-order valence-corrected chi connectivity index (χ3v) is 4.44. The molecule has 1 unspecified atom stereocenters. The van der Waals surface area contributed by atoms with Crippen molar-refractivity contribution >= 4 is 11.8 Å². The first-order valence-electron chi connectivity index (χ1n) is 6.70. The van der Waals surface area contributed by atoms with Gasteiger partial charge in [-0.15, -0.1) is 0 Å². The van der Waals surface area contributed by atoms with Crippen LogP contribution in [0.3, 0.4) is 0 Å². The minimum Gasteiger partial charge on any atom is -0.309 e. The topological polar surface area (TPSA) is 33.1 Å². The second-order valence-corrected chi connectivity index (χ2v) is 6.20. The summed E-state index contributed by atoms with van der Waals surface area (Å²) in [6, 6.07) is 0.387. The summed E-state index contributed by atoms with van der Waals surface area (Å²) in [7, 11) is 1.98. The molecule has 2 heterocycles. The molecule has 18 heavy (non-hydrogen) atoms. The van der Waals surface area contributed by atoms with E-state index in [9.17, 15) is 0 Å². The van der Waals surface area contributed by atoms with Gasteiger partial charge in [0.2, 0.25) is 0 Å². The predicted molar refractivity (Wildman–Crippen MR) is 78.1 cm³/mol. The number of nitrogens with one attached hydrogen (secondary N) is 1. The minimum atomic E-state index is 0.387. The zero-order valence-corrected chi connectivity index (χ0v) is 12.5. The van der Waals surface area contributed by atoms with Gasteiger partial charge in [-0.2, -0.15) is 16.9 Å². The molecule has 1 aliphatic rings. The summed E-state index contributed by atoms with van der Waals surface area (Å²) in [6.07, 6.45) is 2.12. The number of thioether (sulfide) groups is 1. The highest BCUT2D eigenvalue weighted by molar-refractivity contribution is 7.99. The van der Waals surface area contributed by atoms with Crippen molar-refractivity contribution in [1.82, 2.24) is 20.0 Å². The first kappa shape index (κ1) is 13.9. The third kappa shape index (κ3) is 3.73. The normalized spacial score (nSPS) is 19.1. The maximum Gasteiger partial charge on any atom is 0.0641 e. The lowest BCUT2D eigenvalue weighted by atomic mass is 10.1. The molecule has 4 nitrogen and oxygen atoms in total. The number of aromatic nitrogens is 2. The zero-order valence-electron chi connectivity index (χ0n) is 11.6. The monoisotopic (exact) mass is 268 g/mol. The van der Waals surface area contributed by atoms with Crippen LogP contribution in [0.5, 0.6) is 0 Å². The van der Waals surface area contributed by atoms with Crippen LogP contribution in [0.4, 0.5) is 0 Å². The van der Waals surface area contributed by atoms with Crippen LogP contribution in [-0.4, -0.2) is 52.4 Å². The van der Waals surface area contributed by atoms with Crippen molar-refractivity contribution in [3.05, 3.63) is 17.5 Å². The zero-order chi connectivity index (χ0) is 13.0. The van der Waals surface area contributed by atoms with Crippen LogP contribution in [0.2, 0.25) is 0 Å². The van der Waals surface area contributed by atoms with E-state index in [-0.39, 0.29) is 0 Å². The fourth-order valence-corrected chi connectivity index (χ4v) is 3.40. The van der Waals surface area contributed by atoms with E-state index in [1.807, 2.05) is 11.7 Å². The lowest BCUT2D eigenvalue weighted by molar-refractivity contribution is 0.296. The van der Waals surface area contributed by atoms with E-state index in [1.165, 1.54) is 30.2 Å². The first-order chi connectivity index (χ1) is 8.66. The number of aryl methyl sites for hydroxylation is 2. The molecule has 1 atom stereocenters. The van der Waals surface area contributed by atoms with Gasteiger partial charge in [-0.05, 0) is 13.8 Å². The average molecular weight is 268 g/mol. The van der Waals surface area contributed by atoms with Gasteiger partial charge in [-0.3, -0.25) is 4.68 Å². The van der Waals surface area contributed by atoms with Crippen LogP contribution >= 0.6 is 11.8 Å². The molecular weight excluding hydrogens is 244 g/mol. The van der Waals surface area contributed by atoms with E-state index < -0.39 is 0 Å². The molecule has 102 valence electrons. The van der Waals surface area contributed by atoms with Gasteiger partial charge in [0, 0.05) is 62.5 Å². The molecule has 0 saturated carbocycles. The Balaban J connectivity index is 1.74. The smallest absolute Gasteiger partial charge is 0.0641 e. The van der Waals surface area contributed by atoms with Crippen LogP contribution in [0.15, 0.2) is 6.20 Å². The molecule has 0 aliphatic carbocycles. The SMILES string of the molecule is Cc1nn(C)cc1C(C)NCCN1CCSCC1. The van der Waals surface area contributed by atoms with E-state index in [0.29, 0.717) is 6.04 Å². The molecule has 5 heteroatoms. The summed E-state index contributed by atoms with van der Waals surface area (Å²) in [5, 5.41) is 7.99. The maximum atomic E-state index is 4.39. The Morgan fingerprint density at radius 3 is 2.78 bits per heavy atom. The van der Waals surface area contributed by atoms with Gasteiger partial charge in [-0.25, -0.2) is 0 Å². The number of nitrogens with zero attached hydrogens (tertiary/aromatic N) is 3. The van der Waals surface area contributed by atoms with Crippen LogP contribution in [0, 0.1) is 6.92 Å². The fourth-order valence-electron chi connectivity index (χ4n) is 2.42. The van der Waals surface area contributed by atoms with E-state index >= 15 is 0 Å². The van der Waals surface area contributed by atoms with Gasteiger partial charge in [0.1, 0.15) is 0 Å². The van der Waals surface area contributed by atoms with Crippen molar-refractivity contribution in [2.75, 3.05) is 37.7 Å². The Hall–Kier alpha value is -0.520. The van der Waals surface area contributed by atoms with Gasteiger partial charge in [0.05, 0.1) is 5.69 Å². The van der Waals surface area contributed by atoms with Gasteiger partial charge < -0.3 is 10.2 Å².